The lowest BCUT2D eigenvalue weighted by Gasteiger charge is -2.31. The molecule has 0 saturated heterocycles. The van der Waals surface area contributed by atoms with E-state index in [0.717, 1.165) is 18.4 Å². The molecule has 4 rings (SSSR count). The van der Waals surface area contributed by atoms with Crippen molar-refractivity contribution in [3.05, 3.63) is 36.3 Å². The summed E-state index contributed by atoms with van der Waals surface area (Å²) in [5, 5.41) is 4.39. The highest BCUT2D eigenvalue weighted by molar-refractivity contribution is 5.96. The number of rotatable bonds is 3. The van der Waals surface area contributed by atoms with Crippen molar-refractivity contribution in [1.82, 2.24) is 19.5 Å². The van der Waals surface area contributed by atoms with E-state index in [9.17, 15) is 4.79 Å². The number of nitrogens with zero attached hydrogens (tertiary/aromatic N) is 4. The molecule has 0 aliphatic heterocycles. The molecule has 2 N–H and O–H groups in total. The second-order valence-corrected chi connectivity index (χ2v) is 6.59. The molecule has 1 aliphatic carbocycles. The molecule has 0 atom stereocenters. The van der Waals surface area contributed by atoms with Gasteiger partial charge in [0, 0.05) is 18.7 Å². The average Bonchev–Trinajstić information content (AvgIpc) is 3.30. The van der Waals surface area contributed by atoms with Gasteiger partial charge in [0.05, 0.1) is 11.8 Å². The Hall–Kier alpha value is -2.83. The van der Waals surface area contributed by atoms with E-state index in [1.807, 2.05) is 11.9 Å². The molecule has 0 aromatic carbocycles. The summed E-state index contributed by atoms with van der Waals surface area (Å²) < 4.78 is 6.62. The van der Waals surface area contributed by atoms with E-state index in [4.69, 9.17) is 10.2 Å². The minimum absolute atomic E-state index is 0.0195. The third-order valence-electron chi connectivity index (χ3n) is 4.93. The molecule has 1 saturated carbocycles. The minimum atomic E-state index is -0.0195. The van der Waals surface area contributed by atoms with Gasteiger partial charge in [0.25, 0.3) is 5.91 Å². The number of aromatic nitrogens is 3. The van der Waals surface area contributed by atoms with Crippen LogP contribution in [-0.2, 0) is 0 Å². The lowest BCUT2D eigenvalue weighted by atomic mass is 9.94. The Kier molecular flexibility index (Phi) is 3.91. The molecule has 25 heavy (non-hydrogen) atoms. The number of hydrogen-bond acceptors (Lipinski definition) is 5. The molecule has 0 radical (unpaired) electrons. The second-order valence-electron chi connectivity index (χ2n) is 6.59. The second kappa shape index (κ2) is 6.23. The van der Waals surface area contributed by atoms with Crippen molar-refractivity contribution in [1.29, 1.82) is 0 Å². The summed E-state index contributed by atoms with van der Waals surface area (Å²) in [6.07, 6.45) is 8.90. The maximum absolute atomic E-state index is 12.9. The summed E-state index contributed by atoms with van der Waals surface area (Å²) in [6.45, 7) is 0. The summed E-state index contributed by atoms with van der Waals surface area (Å²) >= 11 is 0. The molecule has 3 aromatic heterocycles. The monoisotopic (exact) mass is 339 g/mol. The van der Waals surface area contributed by atoms with Crippen molar-refractivity contribution in [2.45, 2.75) is 38.1 Å². The maximum atomic E-state index is 12.9. The molecule has 1 aliphatic rings. The van der Waals surface area contributed by atoms with Crippen LogP contribution >= 0.6 is 0 Å². The fraction of sp³-hybridized carbons (Fsp3) is 0.389. The van der Waals surface area contributed by atoms with E-state index in [1.165, 1.54) is 19.3 Å². The van der Waals surface area contributed by atoms with Crippen molar-refractivity contribution in [2.75, 3.05) is 12.8 Å². The van der Waals surface area contributed by atoms with E-state index < -0.39 is 0 Å². The standard InChI is InChI=1S/C18H21N5O2/c1-22(14-5-3-2-4-6-14)18(24)13-9-15(19)23-16(10-13)20-17(21-23)12-7-8-25-11-12/h7-11,14H,2-6,19H2,1H3. The van der Waals surface area contributed by atoms with Gasteiger partial charge in [0.2, 0.25) is 0 Å². The van der Waals surface area contributed by atoms with Crippen molar-refractivity contribution in [2.24, 2.45) is 0 Å². The summed E-state index contributed by atoms with van der Waals surface area (Å²) in [4.78, 5) is 19.2. The largest absolute Gasteiger partial charge is 0.472 e. The van der Waals surface area contributed by atoms with Crippen LogP contribution in [0.5, 0.6) is 0 Å². The van der Waals surface area contributed by atoms with E-state index in [-0.39, 0.29) is 5.91 Å². The molecule has 130 valence electrons. The van der Waals surface area contributed by atoms with E-state index >= 15 is 0 Å². The van der Waals surface area contributed by atoms with Crippen LogP contribution < -0.4 is 5.73 Å². The SMILES string of the molecule is CN(C(=O)c1cc(N)n2nc(-c3ccoc3)nc2c1)C1CCCCC1. The Balaban J connectivity index is 1.66. The van der Waals surface area contributed by atoms with E-state index in [2.05, 4.69) is 10.1 Å². The number of anilines is 1. The molecule has 7 heteroatoms. The topological polar surface area (TPSA) is 89.7 Å². The highest BCUT2D eigenvalue weighted by Crippen LogP contribution is 2.24. The Bertz CT molecular complexity index is 894. The van der Waals surface area contributed by atoms with Crippen LogP contribution in [0.1, 0.15) is 42.5 Å². The summed E-state index contributed by atoms with van der Waals surface area (Å²) in [5.41, 5.74) is 7.98. The maximum Gasteiger partial charge on any atom is 0.254 e. The summed E-state index contributed by atoms with van der Waals surface area (Å²) in [5.74, 6) is 0.889. The van der Waals surface area contributed by atoms with Gasteiger partial charge in [-0.05, 0) is 31.0 Å². The van der Waals surface area contributed by atoms with Gasteiger partial charge in [0.15, 0.2) is 11.5 Å². The molecule has 3 aromatic rings. The van der Waals surface area contributed by atoms with Gasteiger partial charge in [-0.1, -0.05) is 19.3 Å². The molecule has 0 unspecified atom stereocenters. The van der Waals surface area contributed by atoms with Crippen LogP contribution in [0.2, 0.25) is 0 Å². The first-order valence-electron chi connectivity index (χ1n) is 8.59. The number of nitrogens with two attached hydrogens (primary N) is 1. The fourth-order valence-corrected chi connectivity index (χ4v) is 3.48. The number of amides is 1. The van der Waals surface area contributed by atoms with Gasteiger partial charge in [-0.2, -0.15) is 4.52 Å². The van der Waals surface area contributed by atoms with Gasteiger partial charge in [-0.15, -0.1) is 5.10 Å². The van der Waals surface area contributed by atoms with Crippen LogP contribution in [-0.4, -0.2) is 38.5 Å². The quantitative estimate of drug-likeness (QED) is 0.792. The van der Waals surface area contributed by atoms with Crippen LogP contribution in [0, 0.1) is 0 Å². The zero-order chi connectivity index (χ0) is 17.4. The normalized spacial score (nSPS) is 15.6. The molecule has 3 heterocycles. The van der Waals surface area contributed by atoms with E-state index in [1.54, 1.807) is 35.2 Å². The van der Waals surface area contributed by atoms with Gasteiger partial charge in [-0.3, -0.25) is 4.79 Å². The Morgan fingerprint density at radius 3 is 2.84 bits per heavy atom. The third kappa shape index (κ3) is 2.86. The molecule has 7 nitrogen and oxygen atoms in total. The Morgan fingerprint density at radius 1 is 1.32 bits per heavy atom. The van der Waals surface area contributed by atoms with Crippen molar-refractivity contribution < 1.29 is 9.21 Å². The smallest absolute Gasteiger partial charge is 0.254 e. The molecule has 0 spiro atoms. The fourth-order valence-electron chi connectivity index (χ4n) is 3.48. The zero-order valence-electron chi connectivity index (χ0n) is 14.2. The number of nitrogen functional groups attached to an aromatic ring is 1. The number of carbonyl (C=O) groups excluding carboxylic acids is 1. The number of pyridine rings is 1. The molecule has 0 bridgehead atoms. The van der Waals surface area contributed by atoms with Crippen LogP contribution in [0.15, 0.2) is 35.1 Å². The first kappa shape index (κ1) is 15.7. The van der Waals surface area contributed by atoms with Gasteiger partial charge in [-0.25, -0.2) is 4.98 Å². The predicted octanol–water partition coefficient (Wildman–Crippen LogP) is 2.98. The minimum Gasteiger partial charge on any atom is -0.472 e. The number of furan rings is 1. The zero-order valence-corrected chi connectivity index (χ0v) is 14.2. The third-order valence-corrected chi connectivity index (χ3v) is 4.93. The predicted molar refractivity (Wildman–Crippen MR) is 94.1 cm³/mol. The van der Waals surface area contributed by atoms with Crippen LogP contribution in [0.4, 0.5) is 5.82 Å². The number of fused-ring (bicyclic) bond motifs is 1. The lowest BCUT2D eigenvalue weighted by molar-refractivity contribution is 0.0696. The number of carbonyl (C=O) groups is 1. The summed E-state index contributed by atoms with van der Waals surface area (Å²) in [6, 6.07) is 5.50. The highest BCUT2D eigenvalue weighted by atomic mass is 16.3. The van der Waals surface area contributed by atoms with Crippen LogP contribution in [0.3, 0.4) is 0 Å². The van der Waals surface area contributed by atoms with Crippen LogP contribution in [0.25, 0.3) is 17.0 Å². The number of hydrogen-bond donors (Lipinski definition) is 1. The molecular formula is C18H21N5O2. The van der Waals surface area contributed by atoms with Gasteiger partial charge in [0.1, 0.15) is 12.1 Å². The van der Waals surface area contributed by atoms with Crippen molar-refractivity contribution in [3.63, 3.8) is 0 Å². The molecule has 1 amide bonds. The highest BCUT2D eigenvalue weighted by Gasteiger charge is 2.24. The summed E-state index contributed by atoms with van der Waals surface area (Å²) in [7, 11) is 1.87. The van der Waals surface area contributed by atoms with Crippen molar-refractivity contribution >= 4 is 17.4 Å². The average molecular weight is 339 g/mol. The molecular weight excluding hydrogens is 318 g/mol. The Labute approximate surface area is 145 Å². The lowest BCUT2D eigenvalue weighted by Crippen LogP contribution is -2.38. The Morgan fingerprint density at radius 2 is 2.12 bits per heavy atom. The van der Waals surface area contributed by atoms with Gasteiger partial charge < -0.3 is 15.1 Å². The first-order chi connectivity index (χ1) is 12.1. The van der Waals surface area contributed by atoms with Crippen molar-refractivity contribution in [3.8, 4) is 11.4 Å². The first-order valence-corrected chi connectivity index (χ1v) is 8.59. The van der Waals surface area contributed by atoms with E-state index in [0.29, 0.717) is 28.9 Å². The molecule has 1 fully saturated rings. The van der Waals surface area contributed by atoms with Gasteiger partial charge >= 0.3 is 0 Å².